The molecule has 0 radical (unpaired) electrons. The highest BCUT2D eigenvalue weighted by atomic mass is 35.5. The lowest BCUT2D eigenvalue weighted by atomic mass is 9.86. The summed E-state index contributed by atoms with van der Waals surface area (Å²) in [6.07, 6.45) is 3.31. The number of nitrogens with one attached hydrogen (secondary N) is 1. The van der Waals surface area contributed by atoms with Gasteiger partial charge in [-0.25, -0.2) is 0 Å². The van der Waals surface area contributed by atoms with E-state index in [0.29, 0.717) is 5.02 Å². The quantitative estimate of drug-likeness (QED) is 0.865. The van der Waals surface area contributed by atoms with Gasteiger partial charge in [0.05, 0.1) is 5.92 Å². The molecule has 2 rings (SSSR count). The summed E-state index contributed by atoms with van der Waals surface area (Å²) < 4.78 is 0. The monoisotopic (exact) mass is 252 g/mol. The molecule has 0 unspecified atom stereocenters. The van der Waals surface area contributed by atoms with Crippen LogP contribution in [0.15, 0.2) is 24.3 Å². The highest BCUT2D eigenvalue weighted by molar-refractivity contribution is 6.30. The zero-order chi connectivity index (χ0) is 12.3. The number of halogens is 1. The molecule has 1 amide bonds. The minimum Gasteiger partial charge on any atom is -0.369 e. The second-order valence-electron chi connectivity index (χ2n) is 4.49. The number of hydrogen-bond donors (Lipinski definition) is 2. The number of amides is 1. The van der Waals surface area contributed by atoms with Gasteiger partial charge in [-0.2, -0.15) is 0 Å². The Balaban J connectivity index is 2.21. The van der Waals surface area contributed by atoms with Crippen molar-refractivity contribution in [3.8, 4) is 0 Å². The molecule has 0 saturated carbocycles. The van der Waals surface area contributed by atoms with Crippen molar-refractivity contribution in [3.63, 3.8) is 0 Å². The van der Waals surface area contributed by atoms with Crippen LogP contribution in [0.1, 0.15) is 30.7 Å². The van der Waals surface area contributed by atoms with Crippen LogP contribution in [0.5, 0.6) is 0 Å². The van der Waals surface area contributed by atoms with Crippen LogP contribution >= 0.6 is 11.6 Å². The molecule has 1 heterocycles. The summed E-state index contributed by atoms with van der Waals surface area (Å²) in [5.74, 6) is -0.528. The lowest BCUT2D eigenvalue weighted by Crippen LogP contribution is -2.43. The van der Waals surface area contributed by atoms with Gasteiger partial charge in [-0.15, -0.1) is 0 Å². The standard InChI is InChI=1S/C13H17ClN2O/c14-10-6-4-9(5-7-10)12(13(15)17)11-3-1-2-8-16-11/h4-7,11-12,16H,1-3,8H2,(H2,15,17)/t11-,12-/m0/s1. The maximum Gasteiger partial charge on any atom is 0.226 e. The van der Waals surface area contributed by atoms with Crippen molar-refractivity contribution in [3.05, 3.63) is 34.9 Å². The molecule has 92 valence electrons. The third kappa shape index (κ3) is 2.99. The van der Waals surface area contributed by atoms with Crippen LogP contribution in [0.2, 0.25) is 5.02 Å². The molecule has 1 saturated heterocycles. The number of nitrogens with two attached hydrogens (primary N) is 1. The first-order chi connectivity index (χ1) is 8.18. The van der Waals surface area contributed by atoms with Gasteiger partial charge >= 0.3 is 0 Å². The van der Waals surface area contributed by atoms with E-state index in [9.17, 15) is 4.79 Å². The summed E-state index contributed by atoms with van der Waals surface area (Å²) >= 11 is 5.85. The first kappa shape index (κ1) is 12.4. The van der Waals surface area contributed by atoms with Gasteiger partial charge in [-0.1, -0.05) is 30.2 Å². The summed E-state index contributed by atoms with van der Waals surface area (Å²) in [5.41, 5.74) is 6.47. The van der Waals surface area contributed by atoms with Crippen LogP contribution in [-0.4, -0.2) is 18.5 Å². The van der Waals surface area contributed by atoms with E-state index in [1.807, 2.05) is 12.1 Å². The Morgan fingerprint density at radius 3 is 2.59 bits per heavy atom. The smallest absolute Gasteiger partial charge is 0.226 e. The molecule has 0 aliphatic carbocycles. The zero-order valence-electron chi connectivity index (χ0n) is 9.66. The molecule has 3 nitrogen and oxygen atoms in total. The van der Waals surface area contributed by atoms with Crippen LogP contribution in [0.4, 0.5) is 0 Å². The SMILES string of the molecule is NC(=O)[C@@H](c1ccc(Cl)cc1)[C@@H]1CCCCN1. The molecule has 0 bridgehead atoms. The van der Waals surface area contributed by atoms with E-state index in [0.717, 1.165) is 24.9 Å². The second-order valence-corrected chi connectivity index (χ2v) is 4.92. The van der Waals surface area contributed by atoms with Crippen LogP contribution in [0.25, 0.3) is 0 Å². The Morgan fingerprint density at radius 1 is 1.35 bits per heavy atom. The molecule has 1 aromatic rings. The zero-order valence-corrected chi connectivity index (χ0v) is 10.4. The van der Waals surface area contributed by atoms with Gasteiger partial charge < -0.3 is 11.1 Å². The summed E-state index contributed by atoms with van der Waals surface area (Å²) in [7, 11) is 0. The van der Waals surface area contributed by atoms with E-state index in [-0.39, 0.29) is 17.9 Å². The molecule has 1 aliphatic heterocycles. The molecule has 1 aliphatic rings. The Labute approximate surface area is 106 Å². The Kier molecular flexibility index (Phi) is 4.02. The van der Waals surface area contributed by atoms with Crippen LogP contribution < -0.4 is 11.1 Å². The van der Waals surface area contributed by atoms with Crippen molar-refractivity contribution in [1.29, 1.82) is 0 Å². The van der Waals surface area contributed by atoms with Crippen LogP contribution in [0, 0.1) is 0 Å². The molecule has 1 fully saturated rings. The number of carbonyl (C=O) groups excluding carboxylic acids is 1. The Bertz CT molecular complexity index is 385. The van der Waals surface area contributed by atoms with E-state index in [4.69, 9.17) is 17.3 Å². The molecule has 4 heteroatoms. The average molecular weight is 253 g/mol. The Morgan fingerprint density at radius 2 is 2.06 bits per heavy atom. The van der Waals surface area contributed by atoms with Crippen molar-refractivity contribution in [2.45, 2.75) is 31.2 Å². The number of rotatable bonds is 3. The summed E-state index contributed by atoms with van der Waals surface area (Å²) in [6, 6.07) is 7.52. The molecule has 3 N–H and O–H groups in total. The fourth-order valence-electron chi connectivity index (χ4n) is 2.43. The summed E-state index contributed by atoms with van der Waals surface area (Å²) in [5, 5.41) is 4.05. The third-order valence-electron chi connectivity index (χ3n) is 3.29. The predicted octanol–water partition coefficient (Wildman–Crippen LogP) is 2.05. The maximum absolute atomic E-state index is 11.6. The van der Waals surface area contributed by atoms with Gasteiger partial charge in [0.15, 0.2) is 0 Å². The van der Waals surface area contributed by atoms with Gasteiger partial charge in [-0.3, -0.25) is 4.79 Å². The minimum atomic E-state index is -0.272. The molecule has 17 heavy (non-hydrogen) atoms. The van der Waals surface area contributed by atoms with Gasteiger partial charge in [0.1, 0.15) is 0 Å². The van der Waals surface area contributed by atoms with Crippen LogP contribution in [0.3, 0.4) is 0 Å². The third-order valence-corrected chi connectivity index (χ3v) is 3.54. The van der Waals surface area contributed by atoms with E-state index < -0.39 is 0 Å². The first-order valence-electron chi connectivity index (χ1n) is 5.96. The minimum absolute atomic E-state index is 0.155. The van der Waals surface area contributed by atoms with E-state index >= 15 is 0 Å². The number of primary amides is 1. The normalized spacial score (nSPS) is 22.1. The highest BCUT2D eigenvalue weighted by Gasteiger charge is 2.28. The highest BCUT2D eigenvalue weighted by Crippen LogP contribution is 2.26. The van der Waals surface area contributed by atoms with Crippen molar-refractivity contribution < 1.29 is 4.79 Å². The number of benzene rings is 1. The van der Waals surface area contributed by atoms with Gasteiger partial charge in [0.25, 0.3) is 0 Å². The predicted molar refractivity (Wildman–Crippen MR) is 69.0 cm³/mol. The fraction of sp³-hybridized carbons (Fsp3) is 0.462. The second kappa shape index (κ2) is 5.52. The lowest BCUT2D eigenvalue weighted by Gasteiger charge is -2.29. The van der Waals surface area contributed by atoms with Crippen molar-refractivity contribution in [2.24, 2.45) is 5.73 Å². The van der Waals surface area contributed by atoms with E-state index in [2.05, 4.69) is 5.32 Å². The van der Waals surface area contributed by atoms with Crippen molar-refractivity contribution in [2.75, 3.05) is 6.54 Å². The molecule has 0 spiro atoms. The fourth-order valence-corrected chi connectivity index (χ4v) is 2.55. The number of piperidine rings is 1. The maximum atomic E-state index is 11.6. The van der Waals surface area contributed by atoms with Gasteiger partial charge in [-0.05, 0) is 37.1 Å². The van der Waals surface area contributed by atoms with E-state index in [1.54, 1.807) is 12.1 Å². The molecule has 0 aromatic heterocycles. The molecular weight excluding hydrogens is 236 g/mol. The molecular formula is C13H17ClN2O. The van der Waals surface area contributed by atoms with Crippen molar-refractivity contribution >= 4 is 17.5 Å². The Hall–Kier alpha value is -1.06. The van der Waals surface area contributed by atoms with Gasteiger partial charge in [0.2, 0.25) is 5.91 Å². The van der Waals surface area contributed by atoms with Crippen molar-refractivity contribution in [1.82, 2.24) is 5.32 Å². The van der Waals surface area contributed by atoms with E-state index in [1.165, 1.54) is 6.42 Å². The topological polar surface area (TPSA) is 55.1 Å². The summed E-state index contributed by atoms with van der Waals surface area (Å²) in [6.45, 7) is 0.960. The largest absolute Gasteiger partial charge is 0.369 e. The number of carbonyl (C=O) groups is 1. The summed E-state index contributed by atoms with van der Waals surface area (Å²) in [4.78, 5) is 11.6. The van der Waals surface area contributed by atoms with Crippen LogP contribution in [-0.2, 0) is 4.79 Å². The molecule has 1 aromatic carbocycles. The average Bonchev–Trinajstić information content (AvgIpc) is 2.33. The molecule has 2 atom stereocenters. The first-order valence-corrected chi connectivity index (χ1v) is 6.34. The van der Waals surface area contributed by atoms with Gasteiger partial charge in [0, 0.05) is 11.1 Å². The lowest BCUT2D eigenvalue weighted by molar-refractivity contribution is -0.120. The number of hydrogen-bond acceptors (Lipinski definition) is 2.